The van der Waals surface area contributed by atoms with E-state index in [-0.39, 0.29) is 0 Å². The summed E-state index contributed by atoms with van der Waals surface area (Å²) in [4.78, 5) is 0. The monoisotopic (exact) mass is 321 g/mol. The molecule has 0 aliphatic carbocycles. The number of nitrogens with zero attached hydrogens (tertiary/aromatic N) is 1. The Labute approximate surface area is 143 Å². The third-order valence-corrected chi connectivity index (χ3v) is 4.95. The third kappa shape index (κ3) is 2.68. The molecule has 1 heterocycles. The number of unbranched alkanes of at least 4 members (excludes halogenated alkanes) is 1. The quantitative estimate of drug-likeness (QED) is 0.693. The number of rotatable bonds is 6. The molecule has 0 fully saturated rings. The molecule has 0 amide bonds. The summed E-state index contributed by atoms with van der Waals surface area (Å²) in [5, 5.41) is 17.7. The van der Waals surface area contributed by atoms with E-state index >= 15 is 0 Å². The second-order valence-electron chi connectivity index (χ2n) is 6.64. The smallest absolute Gasteiger partial charge is 0.133 e. The molecule has 24 heavy (non-hydrogen) atoms. The number of benzene rings is 2. The minimum atomic E-state index is 0.425. The van der Waals surface area contributed by atoms with Crippen LogP contribution < -0.4 is 16.2 Å². The fourth-order valence-electron chi connectivity index (χ4n) is 3.33. The van der Waals surface area contributed by atoms with Crippen molar-refractivity contribution in [3.63, 3.8) is 0 Å². The van der Waals surface area contributed by atoms with Crippen LogP contribution in [0, 0.1) is 5.41 Å². The Kier molecular flexibility index (Phi) is 4.61. The highest BCUT2D eigenvalue weighted by atomic mass is 15.0. The van der Waals surface area contributed by atoms with Crippen molar-refractivity contribution < 1.29 is 0 Å². The molecule has 0 radical (unpaired) electrons. The number of aromatic nitrogens is 1. The summed E-state index contributed by atoms with van der Waals surface area (Å²) in [5.41, 5.74) is 1.72. The number of pyridine rings is 1. The third-order valence-electron chi connectivity index (χ3n) is 4.95. The molecule has 0 aliphatic heterocycles. The van der Waals surface area contributed by atoms with Gasteiger partial charge in [0, 0.05) is 45.2 Å². The van der Waals surface area contributed by atoms with Gasteiger partial charge in [0.25, 0.3) is 0 Å². The summed E-state index contributed by atoms with van der Waals surface area (Å²) in [6.45, 7) is 11.7. The summed E-state index contributed by atoms with van der Waals surface area (Å²) < 4.78 is 2.06. The van der Waals surface area contributed by atoms with Gasteiger partial charge in [-0.05, 0) is 25.8 Å². The molecular formula is C21H27N3. The zero-order valence-corrected chi connectivity index (χ0v) is 14.9. The summed E-state index contributed by atoms with van der Waals surface area (Å²) in [7, 11) is 0. The maximum atomic E-state index is 8.66. The molecule has 0 saturated heterocycles. The summed E-state index contributed by atoms with van der Waals surface area (Å²) >= 11 is 0. The average molecular weight is 321 g/mol. The van der Waals surface area contributed by atoms with Crippen LogP contribution >= 0.6 is 0 Å². The van der Waals surface area contributed by atoms with Gasteiger partial charge in [-0.25, -0.2) is 0 Å². The van der Waals surface area contributed by atoms with Crippen LogP contribution in [-0.2, 0) is 6.54 Å². The van der Waals surface area contributed by atoms with E-state index in [1.54, 1.807) is 0 Å². The number of hydrogen-bond donors (Lipinski definition) is 2. The van der Waals surface area contributed by atoms with Gasteiger partial charge in [-0.3, -0.25) is 5.41 Å². The van der Waals surface area contributed by atoms with E-state index in [4.69, 9.17) is 5.41 Å². The predicted molar refractivity (Wildman–Crippen MR) is 104 cm³/mol. The van der Waals surface area contributed by atoms with Crippen LogP contribution in [0.15, 0.2) is 30.3 Å². The van der Waals surface area contributed by atoms with Gasteiger partial charge in [-0.15, -0.1) is 0 Å². The maximum Gasteiger partial charge on any atom is 0.133 e. The van der Waals surface area contributed by atoms with Gasteiger partial charge >= 0.3 is 0 Å². The normalized spacial score (nSPS) is 12.8. The zero-order chi connectivity index (χ0) is 17.3. The Bertz CT molecular complexity index is 936. The van der Waals surface area contributed by atoms with Crippen molar-refractivity contribution in [3.05, 3.63) is 41.2 Å². The van der Waals surface area contributed by atoms with Gasteiger partial charge in [0.05, 0.1) is 0 Å². The first-order valence-electron chi connectivity index (χ1n) is 8.96. The fourth-order valence-corrected chi connectivity index (χ4v) is 3.33. The lowest BCUT2D eigenvalue weighted by Crippen LogP contribution is -2.33. The van der Waals surface area contributed by atoms with Crippen LogP contribution in [0.3, 0.4) is 0 Å². The molecular weight excluding hydrogens is 294 g/mol. The molecule has 0 aliphatic rings. The van der Waals surface area contributed by atoms with Crippen molar-refractivity contribution in [1.29, 1.82) is 5.41 Å². The highest BCUT2D eigenvalue weighted by molar-refractivity contribution is 6.13. The molecule has 1 unspecified atom stereocenters. The molecule has 2 aromatic carbocycles. The van der Waals surface area contributed by atoms with Crippen LogP contribution in [0.4, 0.5) is 5.69 Å². The molecule has 3 rings (SSSR count). The number of anilines is 1. The van der Waals surface area contributed by atoms with Gasteiger partial charge in [0.1, 0.15) is 5.49 Å². The van der Waals surface area contributed by atoms with E-state index in [9.17, 15) is 0 Å². The van der Waals surface area contributed by atoms with Crippen LogP contribution in [0.25, 0.3) is 28.1 Å². The number of nitrogens with one attached hydrogen (secondary N) is 2. The molecule has 3 nitrogen and oxygen atoms in total. The number of hydrogen-bond acceptors (Lipinski definition) is 2. The Morgan fingerprint density at radius 1 is 1.12 bits per heavy atom. The molecule has 0 saturated carbocycles. The summed E-state index contributed by atoms with van der Waals surface area (Å²) in [6, 6.07) is 11.0. The molecule has 126 valence electrons. The van der Waals surface area contributed by atoms with Crippen LogP contribution in [-0.4, -0.2) is 10.6 Å². The average Bonchev–Trinajstić information content (AvgIpc) is 2.60. The predicted octanol–water partition coefficient (Wildman–Crippen LogP) is 4.41. The van der Waals surface area contributed by atoms with E-state index in [2.05, 4.69) is 67.6 Å². The first-order chi connectivity index (χ1) is 11.6. The minimum Gasteiger partial charge on any atom is -0.382 e. The second-order valence-corrected chi connectivity index (χ2v) is 6.64. The van der Waals surface area contributed by atoms with Crippen LogP contribution in [0.1, 0.15) is 40.0 Å². The van der Waals surface area contributed by atoms with Crippen molar-refractivity contribution in [2.45, 2.75) is 52.6 Å². The molecule has 2 N–H and O–H groups in total. The highest BCUT2D eigenvalue weighted by Gasteiger charge is 2.12. The Balaban J connectivity index is 2.31. The molecule has 0 bridgehead atoms. The van der Waals surface area contributed by atoms with Crippen molar-refractivity contribution >= 4 is 33.8 Å². The second kappa shape index (κ2) is 6.68. The summed E-state index contributed by atoms with van der Waals surface area (Å²) in [6.07, 6.45) is 3.27. The van der Waals surface area contributed by atoms with E-state index in [1.807, 2.05) is 0 Å². The van der Waals surface area contributed by atoms with Gasteiger partial charge in [-0.1, -0.05) is 51.1 Å². The Morgan fingerprint density at radius 2 is 1.88 bits per heavy atom. The van der Waals surface area contributed by atoms with E-state index in [0.29, 0.717) is 11.5 Å². The van der Waals surface area contributed by atoms with Crippen molar-refractivity contribution in [3.8, 4) is 0 Å². The van der Waals surface area contributed by atoms with E-state index < -0.39 is 0 Å². The molecule has 3 heteroatoms. The lowest BCUT2D eigenvalue weighted by Gasteiger charge is -2.19. The van der Waals surface area contributed by atoms with Gasteiger partial charge < -0.3 is 9.88 Å². The first-order valence-corrected chi connectivity index (χ1v) is 8.96. The van der Waals surface area contributed by atoms with Crippen molar-refractivity contribution in [2.24, 2.45) is 0 Å². The van der Waals surface area contributed by atoms with Crippen LogP contribution in [0.2, 0.25) is 0 Å². The van der Waals surface area contributed by atoms with Gasteiger partial charge in [-0.2, -0.15) is 0 Å². The topological polar surface area (TPSA) is 40.8 Å². The van der Waals surface area contributed by atoms with Gasteiger partial charge in [0.2, 0.25) is 0 Å². The molecule has 0 spiro atoms. The largest absolute Gasteiger partial charge is 0.382 e. The fraction of sp³-hybridized carbons (Fsp3) is 0.381. The molecule has 3 aromatic rings. The lowest BCUT2D eigenvalue weighted by atomic mass is 9.99. The first kappa shape index (κ1) is 16.6. The van der Waals surface area contributed by atoms with E-state index in [1.165, 1.54) is 5.39 Å². The summed E-state index contributed by atoms with van der Waals surface area (Å²) in [5.74, 6) is 0. The highest BCUT2D eigenvalue weighted by Crippen LogP contribution is 2.29. The van der Waals surface area contributed by atoms with Crippen molar-refractivity contribution in [1.82, 2.24) is 4.57 Å². The van der Waals surface area contributed by atoms with Crippen molar-refractivity contribution in [2.75, 3.05) is 5.32 Å². The van der Waals surface area contributed by atoms with Gasteiger partial charge in [0.15, 0.2) is 0 Å². The molecule has 1 atom stereocenters. The minimum absolute atomic E-state index is 0.425. The SMILES string of the molecule is C=c1c2ccc(NC(C)CC)c3cccc(c(=N)n1CCCC)c32. The zero-order valence-electron chi connectivity index (χ0n) is 14.9. The molecule has 1 aromatic heterocycles. The Hall–Kier alpha value is -2.29. The standard InChI is InChI=1S/C21H27N3/c1-5-7-13-24-15(4)16-11-12-19(23-14(3)6-2)17-9-8-10-18(20(16)17)21(24)22/h8-12,14,22-23H,4-7,13H2,1-3H3. The van der Waals surface area contributed by atoms with Crippen LogP contribution in [0.5, 0.6) is 0 Å². The van der Waals surface area contributed by atoms with E-state index in [0.717, 1.165) is 53.0 Å². The lowest BCUT2D eigenvalue weighted by molar-refractivity contribution is 0.595. The maximum absolute atomic E-state index is 8.66. The Morgan fingerprint density at radius 3 is 2.58 bits per heavy atom.